The number of nitriles is 1. The van der Waals surface area contributed by atoms with Crippen molar-refractivity contribution in [2.45, 2.75) is 95.6 Å². The van der Waals surface area contributed by atoms with Gasteiger partial charge in [-0.05, 0) is 111 Å². The minimum atomic E-state index is -0.908. The van der Waals surface area contributed by atoms with Crippen LogP contribution in [-0.4, -0.2) is 81.5 Å². The van der Waals surface area contributed by atoms with Gasteiger partial charge in [0.25, 0.3) is 11.8 Å². The number of aromatic amines is 1. The molecule has 2 fully saturated rings. The van der Waals surface area contributed by atoms with Crippen LogP contribution in [0, 0.1) is 17.2 Å². The van der Waals surface area contributed by atoms with Crippen LogP contribution < -0.4 is 16.0 Å². The standard InChI is InChI=1S/C37H47N9O3/c1-3-39-34(48)27-14-16-30-25(19-27)12-13-26-20-28(35(49)40-4-2)15-17-31(26)37(30,36-42-44-45-43-36)21-32(24-9-6-5-7-10-24)41-23-33(47)46-18-8-11-29(46)22-38/h14-17,19-20,24,29,32,41H,3-13,18,21,23H2,1-2H3,(H,39,48)(H,40,49)(H,42,43,44,45)/t29-,32+/m0/s1. The van der Waals surface area contributed by atoms with Crippen molar-refractivity contribution < 1.29 is 14.4 Å². The van der Waals surface area contributed by atoms with E-state index in [9.17, 15) is 19.6 Å². The van der Waals surface area contributed by atoms with Gasteiger partial charge in [-0.15, -0.1) is 10.2 Å². The monoisotopic (exact) mass is 665 g/mol. The summed E-state index contributed by atoms with van der Waals surface area (Å²) in [6.45, 7) is 5.58. The van der Waals surface area contributed by atoms with Crippen LogP contribution in [-0.2, 0) is 23.1 Å². The second kappa shape index (κ2) is 15.3. The molecule has 49 heavy (non-hydrogen) atoms. The lowest BCUT2D eigenvalue weighted by Gasteiger charge is -2.40. The summed E-state index contributed by atoms with van der Waals surface area (Å²) < 4.78 is 0. The molecule has 1 aromatic heterocycles. The van der Waals surface area contributed by atoms with Gasteiger partial charge in [-0.1, -0.05) is 36.6 Å². The number of carbonyl (C=O) groups excluding carboxylic acids is 3. The molecular weight excluding hydrogens is 618 g/mol. The van der Waals surface area contributed by atoms with Crippen molar-refractivity contribution in [3.63, 3.8) is 0 Å². The number of likely N-dealkylation sites (tertiary alicyclic amines) is 1. The van der Waals surface area contributed by atoms with E-state index in [1.54, 1.807) is 4.90 Å². The first kappa shape index (κ1) is 34.2. The molecular formula is C37H47N9O3. The molecule has 4 N–H and O–H groups in total. The zero-order valence-corrected chi connectivity index (χ0v) is 28.6. The number of benzene rings is 2. The number of tetrazole rings is 1. The van der Waals surface area contributed by atoms with Crippen LogP contribution in [0.25, 0.3) is 0 Å². The van der Waals surface area contributed by atoms with Crippen LogP contribution >= 0.6 is 0 Å². The average Bonchev–Trinajstić information content (AvgIpc) is 3.83. The Bertz CT molecular complexity index is 1620. The summed E-state index contributed by atoms with van der Waals surface area (Å²) in [5.74, 6) is 0.488. The van der Waals surface area contributed by atoms with E-state index in [-0.39, 0.29) is 36.3 Å². The highest BCUT2D eigenvalue weighted by Crippen LogP contribution is 2.48. The minimum absolute atomic E-state index is 0.0571. The minimum Gasteiger partial charge on any atom is -0.352 e. The molecule has 0 radical (unpaired) electrons. The van der Waals surface area contributed by atoms with Crippen LogP contribution in [0.2, 0.25) is 0 Å². The molecule has 0 unspecified atom stereocenters. The summed E-state index contributed by atoms with van der Waals surface area (Å²) in [6.07, 6.45) is 8.87. The van der Waals surface area contributed by atoms with Gasteiger partial charge >= 0.3 is 0 Å². The van der Waals surface area contributed by atoms with Gasteiger partial charge in [-0.25, -0.2) is 0 Å². The van der Waals surface area contributed by atoms with Gasteiger partial charge in [0.1, 0.15) is 6.04 Å². The van der Waals surface area contributed by atoms with Gasteiger partial charge in [-0.2, -0.15) is 10.5 Å². The van der Waals surface area contributed by atoms with Gasteiger partial charge in [-0.3, -0.25) is 14.4 Å². The number of amides is 3. The van der Waals surface area contributed by atoms with Gasteiger partial charge in [0.15, 0.2) is 5.82 Å². The number of fused-ring (bicyclic) bond motifs is 2. The van der Waals surface area contributed by atoms with E-state index in [0.29, 0.717) is 68.2 Å². The molecule has 2 aliphatic carbocycles. The van der Waals surface area contributed by atoms with Crippen LogP contribution in [0.5, 0.6) is 0 Å². The van der Waals surface area contributed by atoms with Crippen molar-refractivity contribution in [2.75, 3.05) is 26.2 Å². The molecule has 0 bridgehead atoms. The van der Waals surface area contributed by atoms with E-state index in [1.165, 1.54) is 6.42 Å². The lowest BCUT2D eigenvalue weighted by atomic mass is 9.65. The highest BCUT2D eigenvalue weighted by molar-refractivity contribution is 5.95. The number of hydrogen-bond donors (Lipinski definition) is 4. The molecule has 2 aromatic carbocycles. The molecule has 6 rings (SSSR count). The molecule has 3 aliphatic rings. The van der Waals surface area contributed by atoms with Crippen molar-refractivity contribution in [2.24, 2.45) is 5.92 Å². The third-order valence-corrected chi connectivity index (χ3v) is 10.7. The van der Waals surface area contributed by atoms with Crippen LogP contribution in [0.1, 0.15) is 114 Å². The molecule has 12 nitrogen and oxygen atoms in total. The second-order valence-corrected chi connectivity index (χ2v) is 13.6. The maximum atomic E-state index is 13.6. The predicted molar refractivity (Wildman–Crippen MR) is 184 cm³/mol. The fourth-order valence-electron chi connectivity index (χ4n) is 8.34. The van der Waals surface area contributed by atoms with Crippen LogP contribution in [0.15, 0.2) is 36.4 Å². The third-order valence-electron chi connectivity index (χ3n) is 10.7. The predicted octanol–water partition coefficient (Wildman–Crippen LogP) is 3.58. The van der Waals surface area contributed by atoms with Crippen molar-refractivity contribution in [1.82, 2.24) is 41.5 Å². The zero-order chi connectivity index (χ0) is 34.4. The van der Waals surface area contributed by atoms with E-state index in [4.69, 9.17) is 0 Å². The Labute approximate surface area is 287 Å². The Kier molecular flexibility index (Phi) is 10.7. The number of nitrogens with zero attached hydrogens (tertiary/aromatic N) is 5. The highest BCUT2D eigenvalue weighted by Gasteiger charge is 2.47. The summed E-state index contributed by atoms with van der Waals surface area (Å²) in [7, 11) is 0. The second-order valence-electron chi connectivity index (χ2n) is 13.6. The molecule has 12 heteroatoms. The Balaban J connectivity index is 1.49. The van der Waals surface area contributed by atoms with Crippen LogP contribution in [0.3, 0.4) is 0 Å². The smallest absolute Gasteiger partial charge is 0.251 e. The van der Waals surface area contributed by atoms with Crippen molar-refractivity contribution in [3.8, 4) is 6.07 Å². The molecule has 258 valence electrons. The van der Waals surface area contributed by atoms with Gasteiger partial charge in [0, 0.05) is 36.8 Å². The molecule has 3 amide bonds. The summed E-state index contributed by atoms with van der Waals surface area (Å²) in [5.41, 5.74) is 4.26. The average molecular weight is 666 g/mol. The molecule has 1 saturated carbocycles. The molecule has 1 aliphatic heterocycles. The van der Waals surface area contributed by atoms with Crippen molar-refractivity contribution in [1.29, 1.82) is 5.26 Å². The van der Waals surface area contributed by atoms with E-state index in [2.05, 4.69) is 42.6 Å². The first-order valence-corrected chi connectivity index (χ1v) is 17.9. The van der Waals surface area contributed by atoms with Gasteiger partial charge in [0.05, 0.1) is 18.0 Å². The molecule has 2 atom stereocenters. The third kappa shape index (κ3) is 6.95. The number of nitrogens with one attached hydrogen (secondary N) is 4. The summed E-state index contributed by atoms with van der Waals surface area (Å²) in [6, 6.07) is 13.6. The topological polar surface area (TPSA) is 169 Å². The van der Waals surface area contributed by atoms with E-state index >= 15 is 0 Å². The normalized spacial score (nSPS) is 19.2. The number of hydrogen-bond acceptors (Lipinski definition) is 8. The van der Waals surface area contributed by atoms with Crippen molar-refractivity contribution >= 4 is 17.7 Å². The number of carbonyl (C=O) groups is 3. The number of aryl methyl sites for hydroxylation is 2. The largest absolute Gasteiger partial charge is 0.352 e. The lowest BCUT2D eigenvalue weighted by molar-refractivity contribution is -0.130. The Morgan fingerprint density at radius 3 is 2.12 bits per heavy atom. The molecule has 2 heterocycles. The van der Waals surface area contributed by atoms with E-state index < -0.39 is 5.41 Å². The molecule has 3 aromatic rings. The Morgan fingerprint density at radius 1 is 0.939 bits per heavy atom. The van der Waals surface area contributed by atoms with Crippen molar-refractivity contribution in [3.05, 3.63) is 75.6 Å². The van der Waals surface area contributed by atoms with Gasteiger partial charge in [0.2, 0.25) is 5.91 Å². The first-order chi connectivity index (χ1) is 23.9. The zero-order valence-electron chi connectivity index (χ0n) is 28.6. The first-order valence-electron chi connectivity index (χ1n) is 17.9. The number of rotatable bonds is 11. The fourth-order valence-corrected chi connectivity index (χ4v) is 8.34. The van der Waals surface area contributed by atoms with E-state index in [1.807, 2.05) is 50.2 Å². The number of H-pyrrole nitrogens is 1. The van der Waals surface area contributed by atoms with E-state index in [0.717, 1.165) is 54.4 Å². The maximum absolute atomic E-state index is 13.6. The van der Waals surface area contributed by atoms with Gasteiger partial charge < -0.3 is 20.9 Å². The molecule has 1 saturated heterocycles. The van der Waals surface area contributed by atoms with Crippen LogP contribution in [0.4, 0.5) is 0 Å². The fraction of sp³-hybridized carbons (Fsp3) is 0.541. The summed E-state index contributed by atoms with van der Waals surface area (Å²) in [5, 5.41) is 35.3. The number of aromatic nitrogens is 4. The maximum Gasteiger partial charge on any atom is 0.251 e. The Hall–Kier alpha value is -4.63. The summed E-state index contributed by atoms with van der Waals surface area (Å²) in [4.78, 5) is 41.3. The lowest BCUT2D eigenvalue weighted by Crippen LogP contribution is -2.49. The SMILES string of the molecule is CCNC(=O)c1ccc2c(c1)CCc1cc(C(=O)NCC)ccc1C2(C[C@@H](NCC(=O)N1CCC[C@H]1C#N)C1CCCCC1)c1nn[nH]n1. The quantitative estimate of drug-likeness (QED) is 0.241. The summed E-state index contributed by atoms with van der Waals surface area (Å²) >= 11 is 0. The highest BCUT2D eigenvalue weighted by atomic mass is 16.2. The Morgan fingerprint density at radius 2 is 1.57 bits per heavy atom. The molecule has 0 spiro atoms.